The largest absolute Gasteiger partial charge is 0.391 e. The second-order valence-corrected chi connectivity index (χ2v) is 6.80. The average Bonchev–Trinajstić information content (AvgIpc) is 3.07. The number of rotatable bonds is 3. The molecule has 0 heterocycles. The monoisotopic (exact) mass is 253 g/mol. The van der Waals surface area contributed by atoms with Crippen molar-refractivity contribution in [3.63, 3.8) is 0 Å². The summed E-state index contributed by atoms with van der Waals surface area (Å²) < 4.78 is 26.4. The lowest BCUT2D eigenvalue weighted by Crippen LogP contribution is -2.35. The molecule has 3 rings (SSSR count). The van der Waals surface area contributed by atoms with Gasteiger partial charge in [-0.3, -0.25) is 0 Å². The molecule has 0 saturated heterocycles. The van der Waals surface area contributed by atoms with Gasteiger partial charge in [-0.05, 0) is 24.0 Å². The molecule has 2 aliphatic carbocycles. The zero-order valence-electron chi connectivity index (χ0n) is 9.33. The summed E-state index contributed by atoms with van der Waals surface area (Å²) in [6, 6.07) is 7.12. The number of hydrogen-bond donors (Lipinski definition) is 2. The predicted molar refractivity (Wildman–Crippen MR) is 64.0 cm³/mol. The van der Waals surface area contributed by atoms with Crippen molar-refractivity contribution in [1.82, 2.24) is 4.72 Å². The van der Waals surface area contributed by atoms with E-state index < -0.39 is 22.2 Å². The molecule has 2 atom stereocenters. The molecule has 1 aromatic carbocycles. The lowest BCUT2D eigenvalue weighted by Gasteiger charge is -2.17. The fraction of sp³-hybridized carbons (Fsp3) is 0.500. The molecule has 0 aliphatic heterocycles. The Labute approximate surface area is 101 Å². The van der Waals surface area contributed by atoms with E-state index >= 15 is 0 Å². The SMILES string of the molecule is O=S(=O)(N[C@@H]1c2ccccc2C[C@@H]1O)C1CC1. The fourth-order valence-electron chi connectivity index (χ4n) is 2.37. The molecular weight excluding hydrogens is 238 g/mol. The van der Waals surface area contributed by atoms with Gasteiger partial charge in [-0.1, -0.05) is 24.3 Å². The van der Waals surface area contributed by atoms with Crippen LogP contribution in [0.25, 0.3) is 0 Å². The van der Waals surface area contributed by atoms with Crippen LogP contribution in [-0.2, 0) is 16.4 Å². The Balaban J connectivity index is 1.88. The van der Waals surface area contributed by atoms with E-state index in [1.54, 1.807) is 0 Å². The van der Waals surface area contributed by atoms with Crippen LogP contribution >= 0.6 is 0 Å². The number of hydrogen-bond acceptors (Lipinski definition) is 3. The minimum atomic E-state index is -3.26. The normalized spacial score (nSPS) is 28.1. The highest BCUT2D eigenvalue weighted by molar-refractivity contribution is 7.90. The Morgan fingerprint density at radius 1 is 1.24 bits per heavy atom. The molecular formula is C12H15NO3S. The van der Waals surface area contributed by atoms with Crippen molar-refractivity contribution < 1.29 is 13.5 Å². The van der Waals surface area contributed by atoms with E-state index in [0.717, 1.165) is 24.0 Å². The van der Waals surface area contributed by atoms with E-state index in [4.69, 9.17) is 0 Å². The van der Waals surface area contributed by atoms with Crippen LogP contribution in [-0.4, -0.2) is 24.9 Å². The molecule has 17 heavy (non-hydrogen) atoms. The van der Waals surface area contributed by atoms with Gasteiger partial charge in [-0.2, -0.15) is 0 Å². The van der Waals surface area contributed by atoms with Crippen LogP contribution in [0.5, 0.6) is 0 Å². The van der Waals surface area contributed by atoms with Crippen molar-refractivity contribution in [1.29, 1.82) is 0 Å². The lowest BCUT2D eigenvalue weighted by atomic mass is 10.1. The second-order valence-electron chi connectivity index (χ2n) is 4.81. The average molecular weight is 253 g/mol. The minimum absolute atomic E-state index is 0.248. The molecule has 0 aromatic heterocycles. The summed E-state index contributed by atoms with van der Waals surface area (Å²) in [5, 5.41) is 9.70. The summed E-state index contributed by atoms with van der Waals surface area (Å²) in [6.45, 7) is 0. The van der Waals surface area contributed by atoms with Crippen molar-refractivity contribution in [2.24, 2.45) is 0 Å². The third-order valence-electron chi connectivity index (χ3n) is 3.46. The highest BCUT2D eigenvalue weighted by Crippen LogP contribution is 2.34. The molecule has 1 aromatic rings. The number of sulfonamides is 1. The highest BCUT2D eigenvalue weighted by Gasteiger charge is 2.40. The summed E-state index contributed by atoms with van der Waals surface area (Å²) in [5.74, 6) is 0. The lowest BCUT2D eigenvalue weighted by molar-refractivity contribution is 0.151. The Hall–Kier alpha value is -0.910. The molecule has 0 spiro atoms. The van der Waals surface area contributed by atoms with Crippen molar-refractivity contribution in [3.05, 3.63) is 35.4 Å². The van der Waals surface area contributed by atoms with Gasteiger partial charge >= 0.3 is 0 Å². The van der Waals surface area contributed by atoms with E-state index in [1.807, 2.05) is 24.3 Å². The maximum Gasteiger partial charge on any atom is 0.215 e. The van der Waals surface area contributed by atoms with Crippen LogP contribution in [0.1, 0.15) is 30.0 Å². The summed E-state index contributed by atoms with van der Waals surface area (Å²) >= 11 is 0. The first-order valence-electron chi connectivity index (χ1n) is 5.85. The van der Waals surface area contributed by atoms with Gasteiger partial charge in [-0.15, -0.1) is 0 Å². The maximum atomic E-state index is 11.9. The smallest absolute Gasteiger partial charge is 0.215 e. The third-order valence-corrected chi connectivity index (χ3v) is 5.39. The summed E-state index contributed by atoms with van der Waals surface area (Å²) in [7, 11) is -3.26. The van der Waals surface area contributed by atoms with Crippen molar-refractivity contribution >= 4 is 10.0 Å². The molecule has 92 valence electrons. The highest BCUT2D eigenvalue weighted by atomic mass is 32.2. The van der Waals surface area contributed by atoms with Crippen molar-refractivity contribution in [2.45, 2.75) is 36.7 Å². The molecule has 1 saturated carbocycles. The summed E-state index contributed by atoms with van der Waals surface area (Å²) in [6.07, 6.45) is 1.34. The van der Waals surface area contributed by atoms with Crippen LogP contribution in [0.2, 0.25) is 0 Å². The Morgan fingerprint density at radius 2 is 1.94 bits per heavy atom. The molecule has 0 radical (unpaired) electrons. The summed E-state index contributed by atoms with van der Waals surface area (Å²) in [4.78, 5) is 0. The first-order valence-corrected chi connectivity index (χ1v) is 7.39. The third kappa shape index (κ3) is 1.99. The number of fused-ring (bicyclic) bond motifs is 1. The first-order chi connectivity index (χ1) is 8.08. The standard InChI is InChI=1S/C12H15NO3S/c14-11-7-8-3-1-2-4-10(8)12(11)13-17(15,16)9-5-6-9/h1-4,9,11-14H,5-7H2/t11-,12+/m0/s1. The maximum absolute atomic E-state index is 11.9. The van der Waals surface area contributed by atoms with Crippen LogP contribution in [0.15, 0.2) is 24.3 Å². The van der Waals surface area contributed by atoms with Crippen LogP contribution in [0.3, 0.4) is 0 Å². The topological polar surface area (TPSA) is 66.4 Å². The van der Waals surface area contributed by atoms with E-state index in [0.29, 0.717) is 6.42 Å². The van der Waals surface area contributed by atoms with Crippen molar-refractivity contribution in [3.8, 4) is 0 Å². The van der Waals surface area contributed by atoms with Gasteiger partial charge in [0, 0.05) is 6.42 Å². The molecule has 2 N–H and O–H groups in total. The van der Waals surface area contributed by atoms with Gasteiger partial charge in [0.2, 0.25) is 10.0 Å². The Kier molecular flexibility index (Phi) is 2.50. The van der Waals surface area contributed by atoms with Gasteiger partial charge < -0.3 is 5.11 Å². The van der Waals surface area contributed by atoms with Gasteiger partial charge in [0.25, 0.3) is 0 Å². The van der Waals surface area contributed by atoms with Crippen LogP contribution < -0.4 is 4.72 Å². The first kappa shape index (κ1) is 11.2. The van der Waals surface area contributed by atoms with E-state index in [-0.39, 0.29) is 5.25 Å². The molecule has 2 aliphatic rings. The van der Waals surface area contributed by atoms with Gasteiger partial charge in [-0.25, -0.2) is 13.1 Å². The zero-order valence-corrected chi connectivity index (χ0v) is 10.2. The zero-order chi connectivity index (χ0) is 12.0. The van der Waals surface area contributed by atoms with Crippen LogP contribution in [0.4, 0.5) is 0 Å². The van der Waals surface area contributed by atoms with Crippen molar-refractivity contribution in [2.75, 3.05) is 0 Å². The second kappa shape index (κ2) is 3.80. The molecule has 1 fully saturated rings. The molecule has 0 amide bonds. The number of benzene rings is 1. The Morgan fingerprint density at radius 3 is 2.65 bits per heavy atom. The molecule has 0 unspecified atom stereocenters. The molecule has 0 bridgehead atoms. The number of aliphatic hydroxyl groups is 1. The summed E-state index contributed by atoms with van der Waals surface area (Å²) in [5.41, 5.74) is 1.94. The van der Waals surface area contributed by atoms with E-state index in [2.05, 4.69) is 4.72 Å². The van der Waals surface area contributed by atoms with Gasteiger partial charge in [0.15, 0.2) is 0 Å². The number of nitrogens with one attached hydrogen (secondary N) is 1. The Bertz CT molecular complexity index is 536. The van der Waals surface area contributed by atoms with Gasteiger partial charge in [0.05, 0.1) is 17.4 Å². The van der Waals surface area contributed by atoms with Crippen LogP contribution in [0, 0.1) is 0 Å². The van der Waals surface area contributed by atoms with E-state index in [9.17, 15) is 13.5 Å². The predicted octanol–water partition coefficient (Wildman–Crippen LogP) is 0.727. The quantitative estimate of drug-likeness (QED) is 0.834. The molecule has 5 heteroatoms. The van der Waals surface area contributed by atoms with E-state index in [1.165, 1.54) is 0 Å². The number of aliphatic hydroxyl groups excluding tert-OH is 1. The minimum Gasteiger partial charge on any atom is -0.391 e. The molecule has 4 nitrogen and oxygen atoms in total. The van der Waals surface area contributed by atoms with Gasteiger partial charge in [0.1, 0.15) is 0 Å². The fourth-order valence-corrected chi connectivity index (χ4v) is 3.95.